The molecule has 0 aromatic carbocycles. The number of ketones is 2. The lowest BCUT2D eigenvalue weighted by Crippen LogP contribution is -2.51. The number of nitrogens with one attached hydrogen (secondary N) is 1. The molecule has 94 valence electrons. The number of hydrogen-bond donors (Lipinski definition) is 2. The molecule has 2 aliphatic rings. The van der Waals surface area contributed by atoms with Crippen molar-refractivity contribution in [1.29, 1.82) is 0 Å². The van der Waals surface area contributed by atoms with Gasteiger partial charge >= 0.3 is 0 Å². The van der Waals surface area contributed by atoms with E-state index in [0.29, 0.717) is 25.9 Å². The molecule has 0 radical (unpaired) electrons. The largest absolute Gasteiger partial charge is 0.354 e. The van der Waals surface area contributed by atoms with Crippen molar-refractivity contribution in [2.24, 2.45) is 22.5 Å². The van der Waals surface area contributed by atoms with E-state index in [2.05, 4.69) is 5.32 Å². The van der Waals surface area contributed by atoms with E-state index >= 15 is 0 Å². The third kappa shape index (κ3) is 1.26. The number of carbonyl (C=O) groups is 3. The Hall–Kier alpha value is -1.23. The molecule has 0 aromatic heterocycles. The van der Waals surface area contributed by atoms with Gasteiger partial charge in [-0.15, -0.1) is 0 Å². The molecule has 5 heteroatoms. The number of Topliss-reactive ketones (excluding diaryl/α,β-unsaturated/α-hetero) is 2. The maximum atomic E-state index is 12.2. The number of nitrogens with two attached hydrogens (primary N) is 1. The molecule has 0 aromatic rings. The number of fused-ring (bicyclic) bond motifs is 2. The second-order valence-corrected chi connectivity index (χ2v) is 5.46. The lowest BCUT2D eigenvalue weighted by Gasteiger charge is -2.33. The first kappa shape index (κ1) is 12.2. The van der Waals surface area contributed by atoms with Gasteiger partial charge in [0.2, 0.25) is 17.5 Å². The van der Waals surface area contributed by atoms with E-state index in [4.69, 9.17) is 5.73 Å². The molecule has 1 amide bonds. The van der Waals surface area contributed by atoms with Crippen LogP contribution in [0.15, 0.2) is 0 Å². The quantitative estimate of drug-likeness (QED) is 0.519. The minimum atomic E-state index is -1.15. The SMILES string of the molecule is CC1(C)[C@H]2CC[C@]1(C(=O)NCCN)C(=O)C2=O. The van der Waals surface area contributed by atoms with Gasteiger partial charge in [0, 0.05) is 19.0 Å². The fourth-order valence-electron chi connectivity index (χ4n) is 3.42. The highest BCUT2D eigenvalue weighted by Crippen LogP contribution is 2.62. The van der Waals surface area contributed by atoms with Crippen LogP contribution in [0.4, 0.5) is 0 Å². The van der Waals surface area contributed by atoms with Crippen molar-refractivity contribution in [2.45, 2.75) is 26.7 Å². The summed E-state index contributed by atoms with van der Waals surface area (Å²) in [5.74, 6) is -1.50. The fraction of sp³-hybridized carbons (Fsp3) is 0.750. The molecule has 2 atom stereocenters. The molecule has 2 bridgehead atoms. The molecule has 2 fully saturated rings. The average Bonchev–Trinajstić information content (AvgIpc) is 2.62. The molecule has 2 rings (SSSR count). The smallest absolute Gasteiger partial charge is 0.234 e. The predicted octanol–water partition coefficient (Wildman–Crippen LogP) is -0.364. The van der Waals surface area contributed by atoms with Gasteiger partial charge in [-0.3, -0.25) is 14.4 Å². The van der Waals surface area contributed by atoms with E-state index in [9.17, 15) is 14.4 Å². The first-order chi connectivity index (χ1) is 7.89. The van der Waals surface area contributed by atoms with Gasteiger partial charge in [-0.2, -0.15) is 0 Å². The standard InChI is InChI=1S/C12H18N2O3/c1-11(2)7-3-4-12(11,9(16)8(7)15)10(17)14-6-5-13/h7H,3-6,13H2,1-2H3,(H,14,17)/t7-,12+/m0/s1. The van der Waals surface area contributed by atoms with Gasteiger partial charge in [0.1, 0.15) is 5.41 Å². The molecule has 0 unspecified atom stereocenters. The van der Waals surface area contributed by atoms with Crippen LogP contribution < -0.4 is 11.1 Å². The molecule has 0 heterocycles. The van der Waals surface area contributed by atoms with E-state index in [1.54, 1.807) is 0 Å². The molecule has 17 heavy (non-hydrogen) atoms. The zero-order valence-corrected chi connectivity index (χ0v) is 10.2. The Morgan fingerprint density at radius 3 is 2.59 bits per heavy atom. The van der Waals surface area contributed by atoms with Crippen molar-refractivity contribution in [3.8, 4) is 0 Å². The molecule has 0 aliphatic heterocycles. The second kappa shape index (κ2) is 3.63. The maximum absolute atomic E-state index is 12.2. The van der Waals surface area contributed by atoms with Crippen molar-refractivity contribution in [3.05, 3.63) is 0 Å². The van der Waals surface area contributed by atoms with Crippen LogP contribution >= 0.6 is 0 Å². The summed E-state index contributed by atoms with van der Waals surface area (Å²) in [7, 11) is 0. The Kier molecular flexibility index (Phi) is 2.61. The Morgan fingerprint density at radius 1 is 1.47 bits per heavy atom. The van der Waals surface area contributed by atoms with E-state index in [1.165, 1.54) is 0 Å². The van der Waals surface area contributed by atoms with Crippen LogP contribution in [0.1, 0.15) is 26.7 Å². The van der Waals surface area contributed by atoms with Crippen molar-refractivity contribution < 1.29 is 14.4 Å². The van der Waals surface area contributed by atoms with Gasteiger partial charge in [-0.25, -0.2) is 0 Å². The van der Waals surface area contributed by atoms with E-state index in [1.807, 2.05) is 13.8 Å². The molecule has 0 spiro atoms. The molecule has 0 saturated heterocycles. The van der Waals surface area contributed by atoms with Crippen LogP contribution in [-0.2, 0) is 14.4 Å². The Labute approximate surface area is 100 Å². The molecule has 5 nitrogen and oxygen atoms in total. The topological polar surface area (TPSA) is 89.3 Å². The average molecular weight is 238 g/mol. The summed E-state index contributed by atoms with van der Waals surface area (Å²) >= 11 is 0. The lowest BCUT2D eigenvalue weighted by atomic mass is 9.68. The van der Waals surface area contributed by atoms with Gasteiger partial charge in [-0.1, -0.05) is 13.8 Å². The summed E-state index contributed by atoms with van der Waals surface area (Å²) in [5.41, 5.74) is 3.61. The summed E-state index contributed by atoms with van der Waals surface area (Å²) < 4.78 is 0. The third-order valence-corrected chi connectivity index (χ3v) is 4.52. The Morgan fingerprint density at radius 2 is 2.12 bits per heavy atom. The number of rotatable bonds is 3. The number of hydrogen-bond acceptors (Lipinski definition) is 4. The van der Waals surface area contributed by atoms with Crippen LogP contribution in [0.5, 0.6) is 0 Å². The number of amides is 1. The van der Waals surface area contributed by atoms with Crippen molar-refractivity contribution in [3.63, 3.8) is 0 Å². The van der Waals surface area contributed by atoms with Crippen LogP contribution in [0, 0.1) is 16.7 Å². The lowest BCUT2D eigenvalue weighted by molar-refractivity contribution is -0.149. The third-order valence-electron chi connectivity index (χ3n) is 4.52. The molecular weight excluding hydrogens is 220 g/mol. The van der Waals surface area contributed by atoms with Gasteiger partial charge < -0.3 is 11.1 Å². The zero-order valence-electron chi connectivity index (χ0n) is 10.2. The van der Waals surface area contributed by atoms with Crippen molar-refractivity contribution in [1.82, 2.24) is 5.32 Å². The zero-order chi connectivity index (χ0) is 12.8. The second-order valence-electron chi connectivity index (χ2n) is 5.46. The van der Waals surface area contributed by atoms with Crippen LogP contribution in [-0.4, -0.2) is 30.6 Å². The highest BCUT2D eigenvalue weighted by Gasteiger charge is 2.72. The number of carbonyl (C=O) groups excluding carboxylic acids is 3. The predicted molar refractivity (Wildman–Crippen MR) is 61.0 cm³/mol. The summed E-state index contributed by atoms with van der Waals surface area (Å²) in [6.45, 7) is 4.35. The fourth-order valence-corrected chi connectivity index (χ4v) is 3.42. The summed E-state index contributed by atoms with van der Waals surface area (Å²) in [6, 6.07) is 0. The minimum Gasteiger partial charge on any atom is -0.354 e. The molecule has 2 saturated carbocycles. The first-order valence-electron chi connectivity index (χ1n) is 5.96. The molecule has 3 N–H and O–H groups in total. The van der Waals surface area contributed by atoms with Gasteiger partial charge in [-0.05, 0) is 18.3 Å². The van der Waals surface area contributed by atoms with Gasteiger partial charge in [0.05, 0.1) is 0 Å². The molecular formula is C12H18N2O3. The Bertz CT molecular complexity index is 403. The Balaban J connectivity index is 2.38. The minimum absolute atomic E-state index is 0.293. The van der Waals surface area contributed by atoms with Crippen molar-refractivity contribution in [2.75, 3.05) is 13.1 Å². The highest BCUT2D eigenvalue weighted by molar-refractivity contribution is 6.47. The van der Waals surface area contributed by atoms with E-state index in [-0.39, 0.29) is 17.6 Å². The van der Waals surface area contributed by atoms with E-state index in [0.717, 1.165) is 0 Å². The molecule has 2 aliphatic carbocycles. The van der Waals surface area contributed by atoms with E-state index < -0.39 is 16.6 Å². The van der Waals surface area contributed by atoms with Crippen LogP contribution in [0.3, 0.4) is 0 Å². The van der Waals surface area contributed by atoms with Crippen LogP contribution in [0.2, 0.25) is 0 Å². The maximum Gasteiger partial charge on any atom is 0.234 e. The van der Waals surface area contributed by atoms with Crippen molar-refractivity contribution >= 4 is 17.5 Å². The normalized spacial score (nSPS) is 34.2. The monoisotopic (exact) mass is 238 g/mol. The van der Waals surface area contributed by atoms with Crippen LogP contribution in [0.25, 0.3) is 0 Å². The van der Waals surface area contributed by atoms with Gasteiger partial charge in [0.15, 0.2) is 0 Å². The van der Waals surface area contributed by atoms with Gasteiger partial charge in [0.25, 0.3) is 0 Å². The summed E-state index contributed by atoms with van der Waals surface area (Å²) in [5, 5.41) is 2.66. The highest BCUT2D eigenvalue weighted by atomic mass is 16.2. The first-order valence-corrected chi connectivity index (χ1v) is 5.96. The summed E-state index contributed by atoms with van der Waals surface area (Å²) in [6.07, 6.45) is 1.11. The summed E-state index contributed by atoms with van der Waals surface area (Å²) in [4.78, 5) is 36.1.